The molecule has 0 bridgehead atoms. The van der Waals surface area contributed by atoms with Crippen LogP contribution in [-0.2, 0) is 9.53 Å². The standard InChI is InChI=1S/C26H25ClFN3O4/c1-3-35-23-9-15(17-10-22(34-2)19(28)11-18(17)27)8-20-24(23)25(32)31(26(33)30-20)21-13-29-12-14-6-4-5-7-16(14)21/h4-7,10-13,15,20,23-24H,3,8-9H2,1-2H3,(H,30,33). The molecule has 2 fully saturated rings. The number of carbonyl (C=O) groups is 2. The third kappa shape index (κ3) is 4.10. The van der Waals surface area contributed by atoms with E-state index in [1.807, 2.05) is 31.2 Å². The lowest BCUT2D eigenvalue weighted by Crippen LogP contribution is -2.65. The smallest absolute Gasteiger partial charge is 0.329 e. The highest BCUT2D eigenvalue weighted by molar-refractivity contribution is 6.31. The van der Waals surface area contributed by atoms with Crippen LogP contribution in [0.5, 0.6) is 5.75 Å². The van der Waals surface area contributed by atoms with Crippen molar-refractivity contribution in [3.8, 4) is 5.75 Å². The van der Waals surface area contributed by atoms with Crippen molar-refractivity contribution < 1.29 is 23.5 Å². The molecule has 0 radical (unpaired) electrons. The van der Waals surface area contributed by atoms with Gasteiger partial charge in [0, 0.05) is 34.6 Å². The monoisotopic (exact) mass is 497 g/mol. The van der Waals surface area contributed by atoms with Gasteiger partial charge in [0.25, 0.3) is 0 Å². The molecule has 3 aromatic rings. The fourth-order valence-corrected chi connectivity index (χ4v) is 5.65. The highest BCUT2D eigenvalue weighted by Gasteiger charge is 2.50. The number of hydrogen-bond donors (Lipinski definition) is 1. The van der Waals surface area contributed by atoms with Gasteiger partial charge in [0.1, 0.15) is 0 Å². The lowest BCUT2D eigenvalue weighted by Gasteiger charge is -2.46. The van der Waals surface area contributed by atoms with Crippen LogP contribution in [0.25, 0.3) is 10.8 Å². The van der Waals surface area contributed by atoms with Crippen LogP contribution in [0, 0.1) is 11.7 Å². The number of carbonyl (C=O) groups excluding carboxylic acids is 2. The summed E-state index contributed by atoms with van der Waals surface area (Å²) in [5, 5.41) is 4.89. The summed E-state index contributed by atoms with van der Waals surface area (Å²) < 4.78 is 25.3. The summed E-state index contributed by atoms with van der Waals surface area (Å²) in [7, 11) is 1.40. The molecule has 182 valence electrons. The number of hydrogen-bond acceptors (Lipinski definition) is 5. The van der Waals surface area contributed by atoms with Crippen LogP contribution >= 0.6 is 11.6 Å². The number of fused-ring (bicyclic) bond motifs is 2. The molecule has 2 aliphatic rings. The molecule has 35 heavy (non-hydrogen) atoms. The summed E-state index contributed by atoms with van der Waals surface area (Å²) in [6, 6.07) is 9.34. The van der Waals surface area contributed by atoms with Crippen molar-refractivity contribution in [1.29, 1.82) is 0 Å². The van der Waals surface area contributed by atoms with Crippen molar-refractivity contribution in [2.24, 2.45) is 5.92 Å². The minimum atomic E-state index is -0.580. The average molecular weight is 498 g/mol. The Morgan fingerprint density at radius 1 is 1.20 bits per heavy atom. The van der Waals surface area contributed by atoms with Crippen molar-refractivity contribution in [2.45, 2.75) is 37.8 Å². The van der Waals surface area contributed by atoms with Crippen LogP contribution in [0.3, 0.4) is 0 Å². The van der Waals surface area contributed by atoms with Gasteiger partial charge in [-0.2, -0.15) is 0 Å². The minimum absolute atomic E-state index is 0.0953. The van der Waals surface area contributed by atoms with Gasteiger partial charge >= 0.3 is 6.03 Å². The Balaban J connectivity index is 1.51. The zero-order valence-corrected chi connectivity index (χ0v) is 20.1. The van der Waals surface area contributed by atoms with E-state index in [1.54, 1.807) is 12.3 Å². The predicted octanol–water partition coefficient (Wildman–Crippen LogP) is 5.06. The number of nitrogens with zero attached hydrogens (tertiary/aromatic N) is 2. The maximum atomic E-state index is 14.1. The maximum absolute atomic E-state index is 14.1. The zero-order chi connectivity index (χ0) is 24.7. The van der Waals surface area contributed by atoms with Crippen LogP contribution in [0.4, 0.5) is 14.9 Å². The minimum Gasteiger partial charge on any atom is -0.494 e. The molecule has 0 spiro atoms. The van der Waals surface area contributed by atoms with Crippen molar-refractivity contribution >= 4 is 40.0 Å². The number of anilines is 1. The topological polar surface area (TPSA) is 80.8 Å². The molecular weight excluding hydrogens is 473 g/mol. The first kappa shape index (κ1) is 23.5. The largest absolute Gasteiger partial charge is 0.494 e. The molecule has 2 heterocycles. The zero-order valence-electron chi connectivity index (χ0n) is 19.3. The van der Waals surface area contributed by atoms with E-state index in [4.69, 9.17) is 21.1 Å². The second-order valence-electron chi connectivity index (χ2n) is 8.81. The maximum Gasteiger partial charge on any atom is 0.329 e. The predicted molar refractivity (Wildman–Crippen MR) is 130 cm³/mol. The van der Waals surface area contributed by atoms with E-state index in [1.165, 1.54) is 24.3 Å². The van der Waals surface area contributed by atoms with Crippen LogP contribution in [-0.4, -0.2) is 42.8 Å². The summed E-state index contributed by atoms with van der Waals surface area (Å²) in [5.41, 5.74) is 1.14. The number of methoxy groups -OCH3 is 1. The van der Waals surface area contributed by atoms with Gasteiger partial charge in [-0.05, 0) is 43.4 Å². The Bertz CT molecular complexity index is 1300. The van der Waals surface area contributed by atoms with Gasteiger partial charge < -0.3 is 14.8 Å². The lowest BCUT2D eigenvalue weighted by molar-refractivity contribution is -0.132. The molecule has 1 saturated carbocycles. The molecule has 2 aromatic carbocycles. The molecular formula is C26H25ClFN3O4. The summed E-state index contributed by atoms with van der Waals surface area (Å²) in [6.45, 7) is 2.27. The van der Waals surface area contributed by atoms with Crippen molar-refractivity contribution in [1.82, 2.24) is 10.3 Å². The Hall–Kier alpha value is -3.23. The van der Waals surface area contributed by atoms with Crippen molar-refractivity contribution in [3.63, 3.8) is 0 Å². The highest BCUT2D eigenvalue weighted by atomic mass is 35.5. The fourth-order valence-electron chi connectivity index (χ4n) is 5.35. The van der Waals surface area contributed by atoms with E-state index in [2.05, 4.69) is 10.3 Å². The quantitative estimate of drug-likeness (QED) is 0.533. The fraction of sp³-hybridized carbons (Fsp3) is 0.346. The summed E-state index contributed by atoms with van der Waals surface area (Å²) in [5.74, 6) is -1.51. The molecule has 7 nitrogen and oxygen atoms in total. The van der Waals surface area contributed by atoms with E-state index in [-0.39, 0.29) is 22.6 Å². The van der Waals surface area contributed by atoms with Crippen molar-refractivity contribution in [3.05, 3.63) is 65.2 Å². The summed E-state index contributed by atoms with van der Waals surface area (Å²) >= 11 is 6.40. The van der Waals surface area contributed by atoms with Gasteiger partial charge in [-0.25, -0.2) is 14.1 Å². The molecule has 3 amide bonds. The van der Waals surface area contributed by atoms with Crippen LogP contribution in [0.2, 0.25) is 5.02 Å². The molecule has 1 aliphatic carbocycles. The Kier molecular flexibility index (Phi) is 6.34. The first-order valence-corrected chi connectivity index (χ1v) is 11.9. The Morgan fingerprint density at radius 2 is 2.00 bits per heavy atom. The number of benzene rings is 2. The first-order valence-electron chi connectivity index (χ1n) is 11.5. The number of ether oxygens (including phenoxy) is 2. The molecule has 1 N–H and O–H groups in total. The second kappa shape index (κ2) is 9.43. The van der Waals surface area contributed by atoms with Crippen molar-refractivity contribution in [2.75, 3.05) is 18.6 Å². The second-order valence-corrected chi connectivity index (χ2v) is 9.21. The average Bonchev–Trinajstić information content (AvgIpc) is 2.84. The van der Waals surface area contributed by atoms with E-state index in [0.29, 0.717) is 30.7 Å². The molecule has 4 unspecified atom stereocenters. The van der Waals surface area contributed by atoms with Crippen LogP contribution in [0.1, 0.15) is 31.2 Å². The third-order valence-corrected chi connectivity index (χ3v) is 7.21. The van der Waals surface area contributed by atoms with Gasteiger partial charge in [0.15, 0.2) is 11.6 Å². The SMILES string of the molecule is CCOC1CC(c2cc(OC)c(F)cc2Cl)CC2NC(=O)N(c3cncc4ccccc34)C(=O)C21. The molecule has 5 rings (SSSR count). The molecule has 4 atom stereocenters. The van der Waals surface area contributed by atoms with Gasteiger partial charge in [-0.15, -0.1) is 0 Å². The number of urea groups is 1. The first-order chi connectivity index (χ1) is 16.9. The number of nitrogens with one attached hydrogen (secondary N) is 1. The molecule has 1 aromatic heterocycles. The van der Waals surface area contributed by atoms with E-state index in [0.717, 1.165) is 10.8 Å². The Morgan fingerprint density at radius 3 is 2.77 bits per heavy atom. The van der Waals surface area contributed by atoms with E-state index in [9.17, 15) is 14.0 Å². The summed E-state index contributed by atoms with van der Waals surface area (Å²) in [4.78, 5) is 32.5. The third-order valence-electron chi connectivity index (χ3n) is 6.89. The van der Waals surface area contributed by atoms with Gasteiger partial charge in [-0.1, -0.05) is 35.9 Å². The molecule has 1 saturated heterocycles. The van der Waals surface area contributed by atoms with E-state index >= 15 is 0 Å². The lowest BCUT2D eigenvalue weighted by atomic mass is 9.72. The Labute approximate surface area is 207 Å². The number of rotatable bonds is 5. The number of aromatic nitrogens is 1. The van der Waals surface area contributed by atoms with Gasteiger partial charge in [0.2, 0.25) is 5.91 Å². The number of halogens is 2. The number of imide groups is 1. The van der Waals surface area contributed by atoms with Gasteiger partial charge in [0.05, 0.1) is 31.0 Å². The number of pyridine rings is 1. The summed E-state index contributed by atoms with van der Waals surface area (Å²) in [6.07, 6.45) is 3.72. The normalized spacial score (nSPS) is 24.3. The van der Waals surface area contributed by atoms with Crippen LogP contribution in [0.15, 0.2) is 48.8 Å². The van der Waals surface area contributed by atoms with E-state index < -0.39 is 29.9 Å². The molecule has 1 aliphatic heterocycles. The molecule has 9 heteroatoms. The number of amides is 3. The van der Waals surface area contributed by atoms with Crippen LogP contribution < -0.4 is 15.0 Å². The highest BCUT2D eigenvalue weighted by Crippen LogP contribution is 2.44. The van der Waals surface area contributed by atoms with Gasteiger partial charge in [-0.3, -0.25) is 9.78 Å².